The van der Waals surface area contributed by atoms with Crippen LogP contribution >= 0.6 is 34.9 Å². The van der Waals surface area contributed by atoms with E-state index < -0.39 is 10.8 Å². The van der Waals surface area contributed by atoms with Crippen LogP contribution in [0, 0.1) is 0 Å². The molecule has 8 heterocycles. The Morgan fingerprint density at radius 3 is 1.12 bits per heavy atom. The molecular weight excluding hydrogens is 1440 g/mol. The SMILES string of the molecule is c1ccc(N2c3ccccc3C3(c4ccccc4Sc4c3ccc3c5ccccc5n(-c5ccc(-c6nc7ccccc7n6-c6ccccc6)cc5)c43)c3ccccc32)cc1.c1ccc(N2c3ccccc3C3(c4ccccc4Sc4c3ccc3c5ccccc5n(-c5ccc6sc7ccccc7c6c5)c43)c3ccccc32)cc1. The molecule has 4 aromatic heterocycles. The number of para-hydroxylation sites is 11. The van der Waals surface area contributed by atoms with Crippen molar-refractivity contribution < 1.29 is 0 Å². The number of aromatic nitrogens is 4. The van der Waals surface area contributed by atoms with E-state index in [-0.39, 0.29) is 0 Å². The quantitative estimate of drug-likeness (QED) is 0.166. The minimum absolute atomic E-state index is 0.543. The van der Waals surface area contributed by atoms with Gasteiger partial charge in [0.25, 0.3) is 0 Å². The summed E-state index contributed by atoms with van der Waals surface area (Å²) in [6, 6.07) is 147. The molecule has 0 amide bonds. The van der Waals surface area contributed by atoms with E-state index in [1.165, 1.54) is 156 Å². The maximum Gasteiger partial charge on any atom is 0.145 e. The molecule has 4 aliphatic heterocycles. The van der Waals surface area contributed by atoms with Gasteiger partial charge >= 0.3 is 0 Å². The average Bonchev–Trinajstić information content (AvgIpc) is 1.22. The Morgan fingerprint density at radius 1 is 0.237 bits per heavy atom. The molecule has 2 spiro atoms. The van der Waals surface area contributed by atoms with Crippen LogP contribution in [0.4, 0.5) is 34.1 Å². The highest BCUT2D eigenvalue weighted by Crippen LogP contribution is 2.67. The first-order chi connectivity index (χ1) is 56.6. The van der Waals surface area contributed by atoms with Crippen molar-refractivity contribution in [1.82, 2.24) is 18.7 Å². The summed E-state index contributed by atoms with van der Waals surface area (Å²) in [5.41, 5.74) is 27.8. The van der Waals surface area contributed by atoms with Crippen molar-refractivity contribution in [3.63, 3.8) is 0 Å². The van der Waals surface area contributed by atoms with E-state index in [1.54, 1.807) is 0 Å². The monoisotopic (exact) mass is 1510 g/mol. The Hall–Kier alpha value is -13.7. The lowest BCUT2D eigenvalue weighted by Gasteiger charge is -2.49. The third-order valence-electron chi connectivity index (χ3n) is 24.2. The molecule has 0 saturated heterocycles. The minimum Gasteiger partial charge on any atom is -0.310 e. The number of imidazole rings is 1. The Morgan fingerprint density at radius 2 is 0.614 bits per heavy atom. The second-order valence-corrected chi connectivity index (χ2v) is 33.1. The van der Waals surface area contributed by atoms with Gasteiger partial charge in [0.1, 0.15) is 5.82 Å². The predicted octanol–water partition coefficient (Wildman–Crippen LogP) is 28.2. The van der Waals surface area contributed by atoms with Crippen LogP contribution in [0.5, 0.6) is 0 Å². The fourth-order valence-electron chi connectivity index (χ4n) is 19.7. The number of rotatable bonds is 6. The molecule has 0 saturated carbocycles. The molecule has 0 unspecified atom stereocenters. The normalized spacial score (nSPS) is 13.8. The van der Waals surface area contributed by atoms with Crippen LogP contribution in [0.2, 0.25) is 0 Å². The highest BCUT2D eigenvalue weighted by molar-refractivity contribution is 8.00. The third-order valence-corrected chi connectivity index (χ3v) is 27.7. The van der Waals surface area contributed by atoms with Gasteiger partial charge in [-0.15, -0.1) is 11.3 Å². The number of anilines is 6. The molecule has 21 aromatic rings. The average molecular weight is 1510 g/mol. The van der Waals surface area contributed by atoms with Crippen molar-refractivity contribution >= 4 is 144 Å². The maximum absolute atomic E-state index is 5.19. The van der Waals surface area contributed by atoms with Crippen molar-refractivity contribution in [3.8, 4) is 28.5 Å². The van der Waals surface area contributed by atoms with Crippen LogP contribution < -0.4 is 9.80 Å². The molecule has 17 aromatic carbocycles. The van der Waals surface area contributed by atoms with Gasteiger partial charge in [0.15, 0.2) is 0 Å². The molecule has 25 rings (SSSR count). The number of hydrogen-bond donors (Lipinski definition) is 0. The molecule has 0 fully saturated rings. The highest BCUT2D eigenvalue weighted by Gasteiger charge is 2.53. The lowest BCUT2D eigenvalue weighted by molar-refractivity contribution is 0.694. The molecule has 0 bridgehead atoms. The zero-order chi connectivity index (χ0) is 74.7. The zero-order valence-corrected chi connectivity index (χ0v) is 64.0. The van der Waals surface area contributed by atoms with Gasteiger partial charge in [-0.1, -0.05) is 278 Å². The number of nitrogens with zero attached hydrogens (tertiary/aromatic N) is 6. The Balaban J connectivity index is 0.000000133. The maximum atomic E-state index is 5.19. The van der Waals surface area contributed by atoms with Crippen molar-refractivity contribution in [2.45, 2.75) is 30.4 Å². The van der Waals surface area contributed by atoms with Crippen LogP contribution in [-0.4, -0.2) is 18.7 Å². The van der Waals surface area contributed by atoms with Gasteiger partial charge in [-0.3, -0.25) is 4.57 Å². The third kappa shape index (κ3) is 9.25. The topological polar surface area (TPSA) is 34.2 Å². The van der Waals surface area contributed by atoms with E-state index in [4.69, 9.17) is 4.98 Å². The smallest absolute Gasteiger partial charge is 0.145 e. The van der Waals surface area contributed by atoms with E-state index in [2.05, 4.69) is 424 Å². The lowest BCUT2D eigenvalue weighted by Crippen LogP contribution is -2.39. The van der Waals surface area contributed by atoms with E-state index in [9.17, 15) is 0 Å². The summed E-state index contributed by atoms with van der Waals surface area (Å²) in [6.45, 7) is 0. The van der Waals surface area contributed by atoms with Crippen molar-refractivity contribution in [1.29, 1.82) is 0 Å². The fraction of sp³-hybridized carbons (Fsp3) is 0.0190. The molecule has 0 atom stereocenters. The van der Waals surface area contributed by atoms with E-state index in [0.717, 1.165) is 45.2 Å². The van der Waals surface area contributed by atoms with Crippen molar-refractivity contribution in [2.75, 3.05) is 9.80 Å². The van der Waals surface area contributed by atoms with E-state index >= 15 is 0 Å². The number of fused-ring (bicyclic) bond motifs is 28. The first-order valence-corrected chi connectivity index (χ1v) is 41.4. The minimum atomic E-state index is -0.578. The summed E-state index contributed by atoms with van der Waals surface area (Å²) < 4.78 is 9.96. The standard InChI is InChI=1S/C56H36N4S.C49H30N2S2/c1-3-17-38(18-4-1)58-49-27-13-8-22-43(49)56(44-23-9-14-28-50(44)58)45-24-10-16-30-52(45)61-54-46(56)36-35-42-41-21-7-12-26-48(41)59(53(42)54)40-33-31-37(32-34-40)55-57-47-25-11-15-29-51(47)60(55)39-19-5-2-6-20-39;1-2-14-31(15-3-1)50-42-22-10-6-18-37(42)49(38-19-7-11-23-43(38)50)39-20-8-13-25-46(39)53-48-40(49)28-27-35-33-16-4-9-21-41(33)51(47(35)48)32-26-29-45-36(30-32)34-17-5-12-24-44(34)52-45/h1-36H;1-30H. The van der Waals surface area contributed by atoms with E-state index in [0.29, 0.717) is 0 Å². The summed E-state index contributed by atoms with van der Waals surface area (Å²) in [5.74, 6) is 0.923. The fourth-order valence-corrected chi connectivity index (χ4v) is 23.4. The molecule has 9 heteroatoms. The van der Waals surface area contributed by atoms with Gasteiger partial charge in [0.05, 0.1) is 66.7 Å². The molecule has 0 N–H and O–H groups in total. The first kappa shape index (κ1) is 65.1. The van der Waals surface area contributed by atoms with Crippen molar-refractivity contribution in [2.24, 2.45) is 0 Å². The summed E-state index contributed by atoms with van der Waals surface area (Å²) in [6.07, 6.45) is 0. The molecule has 6 nitrogen and oxygen atoms in total. The van der Waals surface area contributed by atoms with Crippen LogP contribution in [-0.2, 0) is 10.8 Å². The Bertz CT molecular complexity index is 7430. The van der Waals surface area contributed by atoms with Gasteiger partial charge in [0.2, 0.25) is 0 Å². The van der Waals surface area contributed by atoms with Crippen LogP contribution in [0.1, 0.15) is 44.5 Å². The van der Waals surface area contributed by atoms with Crippen LogP contribution in [0.25, 0.3) is 103 Å². The second-order valence-electron chi connectivity index (χ2n) is 29.9. The molecule has 0 radical (unpaired) electrons. The summed E-state index contributed by atoms with van der Waals surface area (Å²) in [4.78, 5) is 15.2. The molecular formula is C105H66N6S3. The Labute approximate surface area is 671 Å². The Kier molecular flexibility index (Phi) is 14.5. The van der Waals surface area contributed by atoms with E-state index in [1.807, 2.05) is 34.9 Å². The van der Waals surface area contributed by atoms with Gasteiger partial charge in [-0.05, 0) is 190 Å². The molecule has 4 aliphatic rings. The second kappa shape index (κ2) is 25.4. The number of benzene rings is 17. The van der Waals surface area contributed by atoms with Crippen LogP contribution in [0.3, 0.4) is 0 Å². The first-order valence-electron chi connectivity index (χ1n) is 38.9. The number of hydrogen-bond acceptors (Lipinski definition) is 6. The summed E-state index contributed by atoms with van der Waals surface area (Å²) in [5, 5.41) is 7.66. The molecule has 0 aliphatic carbocycles. The van der Waals surface area contributed by atoms with Crippen LogP contribution in [0.15, 0.2) is 420 Å². The lowest BCUT2D eigenvalue weighted by atomic mass is 9.62. The summed E-state index contributed by atoms with van der Waals surface area (Å²) >= 11 is 5.70. The molecule has 114 heavy (non-hydrogen) atoms. The zero-order valence-electron chi connectivity index (χ0n) is 61.5. The van der Waals surface area contributed by atoms with Gasteiger partial charge in [-0.25, -0.2) is 4.98 Å². The highest BCUT2D eigenvalue weighted by atomic mass is 32.2. The van der Waals surface area contributed by atoms with Gasteiger partial charge in [-0.2, -0.15) is 0 Å². The summed E-state index contributed by atoms with van der Waals surface area (Å²) in [7, 11) is 0. The van der Waals surface area contributed by atoms with Gasteiger partial charge < -0.3 is 18.9 Å². The van der Waals surface area contributed by atoms with Crippen molar-refractivity contribution in [3.05, 3.63) is 445 Å². The number of thiophene rings is 1. The predicted molar refractivity (Wildman–Crippen MR) is 476 cm³/mol. The largest absolute Gasteiger partial charge is 0.310 e. The molecule has 534 valence electrons. The van der Waals surface area contributed by atoms with Gasteiger partial charge in [0, 0.05) is 95.3 Å².